The summed E-state index contributed by atoms with van der Waals surface area (Å²) in [6, 6.07) is 10.4. The number of phenols is 1. The molecule has 1 heterocycles. The Kier molecular flexibility index (Phi) is 6.02. The van der Waals surface area contributed by atoms with Crippen LogP contribution in [0.2, 0.25) is 0 Å². The average Bonchev–Trinajstić information content (AvgIpc) is 2.73. The van der Waals surface area contributed by atoms with Gasteiger partial charge in [-0.15, -0.1) is 0 Å². The molecule has 1 fully saturated rings. The molecule has 0 unspecified atom stereocenters. The summed E-state index contributed by atoms with van der Waals surface area (Å²) in [5.74, 6) is -1.21. The van der Waals surface area contributed by atoms with E-state index in [2.05, 4.69) is 24.2 Å². The Bertz CT molecular complexity index is 1120. The number of likely N-dealkylation sites (tertiary alicyclic amines) is 1. The van der Waals surface area contributed by atoms with Gasteiger partial charge in [0.25, 0.3) is 0 Å². The Morgan fingerprint density at radius 1 is 1.25 bits per heavy atom. The van der Waals surface area contributed by atoms with Crippen LogP contribution >= 0.6 is 0 Å². The van der Waals surface area contributed by atoms with E-state index in [4.69, 9.17) is 0 Å². The molecule has 0 aromatic heterocycles. The molecule has 1 saturated heterocycles. The van der Waals surface area contributed by atoms with E-state index in [-0.39, 0.29) is 16.1 Å². The molecule has 2 aromatic carbocycles. The molecule has 2 N–H and O–H groups in total. The summed E-state index contributed by atoms with van der Waals surface area (Å²) in [4.78, 5) is 14.7. The summed E-state index contributed by atoms with van der Waals surface area (Å²) in [7, 11) is -1.70. The molecule has 32 heavy (non-hydrogen) atoms. The molecular weight excluding hydrogens is 431 g/mol. The van der Waals surface area contributed by atoms with Gasteiger partial charge in [0.2, 0.25) is 5.91 Å². The van der Waals surface area contributed by atoms with E-state index < -0.39 is 27.3 Å². The lowest BCUT2D eigenvalue weighted by Gasteiger charge is -2.55. The second-order valence-corrected chi connectivity index (χ2v) is 11.1. The highest BCUT2D eigenvalue weighted by molar-refractivity contribution is 7.92. The van der Waals surface area contributed by atoms with E-state index >= 15 is 0 Å². The van der Waals surface area contributed by atoms with Gasteiger partial charge in [-0.1, -0.05) is 13.0 Å². The standard InChI is InChI=1S/C24H29FN2O4S/c1-16-22-13-17-3-6-19(28)14-21(17)24(16,10-12-27(22)2)9-11-26-23(29)15-32(30,31)20-7-4-18(25)5-8-20/h3-8,14,16,22,28H,9-13,15H2,1-2H3,(H,26,29)/t16-,22+,24-/m0/s1. The maximum atomic E-state index is 13.1. The average molecular weight is 461 g/mol. The first-order chi connectivity index (χ1) is 15.1. The fourth-order valence-electron chi connectivity index (χ4n) is 5.52. The van der Waals surface area contributed by atoms with Crippen LogP contribution in [0, 0.1) is 11.7 Å². The highest BCUT2D eigenvalue weighted by Gasteiger charge is 2.50. The second-order valence-electron chi connectivity index (χ2n) is 9.10. The number of carbonyl (C=O) groups excluding carboxylic acids is 1. The molecule has 1 amide bonds. The van der Waals surface area contributed by atoms with Crippen LogP contribution in [0.15, 0.2) is 47.4 Å². The van der Waals surface area contributed by atoms with Crippen LogP contribution in [0.5, 0.6) is 5.75 Å². The third-order valence-electron chi connectivity index (χ3n) is 7.37. The number of sulfone groups is 1. The predicted molar refractivity (Wildman–Crippen MR) is 120 cm³/mol. The van der Waals surface area contributed by atoms with Crippen molar-refractivity contribution in [3.63, 3.8) is 0 Å². The number of hydrogen-bond acceptors (Lipinski definition) is 5. The number of hydrogen-bond donors (Lipinski definition) is 2. The molecular formula is C24H29FN2O4S. The van der Waals surface area contributed by atoms with Gasteiger partial charge in [-0.05, 0) is 86.3 Å². The van der Waals surface area contributed by atoms with E-state index in [1.54, 1.807) is 6.07 Å². The number of amides is 1. The lowest BCUT2D eigenvalue weighted by Crippen LogP contribution is -2.58. The largest absolute Gasteiger partial charge is 0.508 e. The molecule has 3 atom stereocenters. The smallest absolute Gasteiger partial charge is 0.235 e. The van der Waals surface area contributed by atoms with Crippen LogP contribution in [-0.2, 0) is 26.5 Å². The number of fused-ring (bicyclic) bond motifs is 4. The molecule has 2 aliphatic rings. The minimum Gasteiger partial charge on any atom is -0.508 e. The van der Waals surface area contributed by atoms with Gasteiger partial charge in [-0.3, -0.25) is 4.79 Å². The van der Waals surface area contributed by atoms with E-state index in [1.165, 1.54) is 17.7 Å². The third-order valence-corrected chi connectivity index (χ3v) is 9.00. The summed E-state index contributed by atoms with van der Waals surface area (Å²) >= 11 is 0. The fourth-order valence-corrected chi connectivity index (χ4v) is 6.69. The van der Waals surface area contributed by atoms with Crippen LogP contribution in [0.3, 0.4) is 0 Å². The van der Waals surface area contributed by atoms with Crippen molar-refractivity contribution < 1.29 is 22.7 Å². The molecule has 1 aliphatic heterocycles. The SMILES string of the molecule is C[C@H]1[C@H]2Cc3ccc(O)cc3[C@@]1(CCNC(=O)CS(=O)(=O)c1ccc(F)cc1)CCN2C. The molecule has 172 valence electrons. The number of halogens is 1. The van der Waals surface area contributed by atoms with Crippen molar-refractivity contribution >= 4 is 15.7 Å². The van der Waals surface area contributed by atoms with Crippen LogP contribution in [0.4, 0.5) is 4.39 Å². The Morgan fingerprint density at radius 3 is 2.69 bits per heavy atom. The number of benzene rings is 2. The van der Waals surface area contributed by atoms with Crippen LogP contribution in [0.25, 0.3) is 0 Å². The van der Waals surface area contributed by atoms with Gasteiger partial charge < -0.3 is 15.3 Å². The monoisotopic (exact) mass is 460 g/mol. The van der Waals surface area contributed by atoms with Crippen LogP contribution < -0.4 is 5.32 Å². The number of nitrogens with zero attached hydrogens (tertiary/aromatic N) is 1. The third kappa shape index (κ3) is 4.13. The van der Waals surface area contributed by atoms with Crippen molar-refractivity contribution in [1.82, 2.24) is 10.2 Å². The van der Waals surface area contributed by atoms with Crippen molar-refractivity contribution in [2.24, 2.45) is 5.92 Å². The van der Waals surface area contributed by atoms with E-state index in [1.807, 2.05) is 12.1 Å². The van der Waals surface area contributed by atoms with Crippen LogP contribution in [0.1, 0.15) is 30.9 Å². The molecule has 1 aliphatic carbocycles. The zero-order valence-electron chi connectivity index (χ0n) is 18.3. The van der Waals surface area contributed by atoms with Gasteiger partial charge in [0, 0.05) is 18.0 Å². The Morgan fingerprint density at radius 2 is 1.97 bits per heavy atom. The van der Waals surface area contributed by atoms with E-state index in [0.29, 0.717) is 24.9 Å². The highest BCUT2D eigenvalue weighted by atomic mass is 32.2. The first-order valence-electron chi connectivity index (χ1n) is 10.9. The number of carbonyl (C=O) groups is 1. The summed E-state index contributed by atoms with van der Waals surface area (Å²) in [5, 5.41) is 12.9. The highest BCUT2D eigenvalue weighted by Crippen LogP contribution is 2.51. The summed E-state index contributed by atoms with van der Waals surface area (Å²) in [6.45, 7) is 3.50. The first-order valence-corrected chi connectivity index (χ1v) is 12.6. The number of phenolic OH excluding ortho intramolecular Hbond substituents is 1. The first kappa shape index (κ1) is 22.7. The number of nitrogens with one attached hydrogen (secondary N) is 1. The normalized spacial score (nSPS) is 25.2. The van der Waals surface area contributed by atoms with E-state index in [0.717, 1.165) is 37.1 Å². The van der Waals surface area contributed by atoms with Gasteiger partial charge >= 0.3 is 0 Å². The Hall–Kier alpha value is -2.45. The van der Waals surface area contributed by atoms with Gasteiger partial charge in [-0.2, -0.15) is 0 Å². The van der Waals surface area contributed by atoms with Gasteiger partial charge in [0.1, 0.15) is 17.3 Å². The molecule has 0 radical (unpaired) electrons. The molecule has 2 aromatic rings. The zero-order chi connectivity index (χ0) is 23.1. The molecule has 2 bridgehead atoms. The predicted octanol–water partition coefficient (Wildman–Crippen LogP) is 2.65. The molecule has 0 saturated carbocycles. The summed E-state index contributed by atoms with van der Waals surface area (Å²) < 4.78 is 38.0. The van der Waals surface area contributed by atoms with Crippen LogP contribution in [-0.4, -0.2) is 56.3 Å². The number of piperidine rings is 1. The molecule has 4 rings (SSSR count). The Balaban J connectivity index is 1.47. The minimum atomic E-state index is -3.84. The van der Waals surface area contributed by atoms with Crippen molar-refractivity contribution in [3.8, 4) is 5.75 Å². The number of rotatable bonds is 6. The lowest BCUT2D eigenvalue weighted by atomic mass is 9.56. The summed E-state index contributed by atoms with van der Waals surface area (Å²) in [5.41, 5.74) is 2.18. The second kappa shape index (κ2) is 8.48. The molecule has 8 heteroatoms. The van der Waals surface area contributed by atoms with Crippen molar-refractivity contribution in [1.29, 1.82) is 0 Å². The number of aromatic hydroxyl groups is 1. The van der Waals surface area contributed by atoms with Crippen molar-refractivity contribution in [2.45, 2.75) is 42.5 Å². The maximum Gasteiger partial charge on any atom is 0.235 e. The minimum absolute atomic E-state index is 0.0730. The Labute approximate surface area is 188 Å². The van der Waals surface area contributed by atoms with E-state index in [9.17, 15) is 22.7 Å². The topological polar surface area (TPSA) is 86.7 Å². The fraction of sp³-hybridized carbons (Fsp3) is 0.458. The maximum absolute atomic E-state index is 13.1. The lowest BCUT2D eigenvalue weighted by molar-refractivity contribution is -0.118. The zero-order valence-corrected chi connectivity index (χ0v) is 19.2. The van der Waals surface area contributed by atoms with Gasteiger partial charge in [0.15, 0.2) is 9.84 Å². The summed E-state index contributed by atoms with van der Waals surface area (Å²) in [6.07, 6.45) is 2.50. The van der Waals surface area contributed by atoms with Crippen molar-refractivity contribution in [3.05, 3.63) is 59.4 Å². The van der Waals surface area contributed by atoms with Gasteiger partial charge in [0.05, 0.1) is 4.90 Å². The van der Waals surface area contributed by atoms with Crippen molar-refractivity contribution in [2.75, 3.05) is 25.9 Å². The quantitative estimate of drug-likeness (QED) is 0.648. The number of likely N-dealkylation sites (N-methyl/N-ethyl adjacent to an activating group) is 1. The molecule has 0 spiro atoms. The molecule has 6 nitrogen and oxygen atoms in total. The van der Waals surface area contributed by atoms with Gasteiger partial charge in [-0.25, -0.2) is 12.8 Å².